The van der Waals surface area contributed by atoms with Crippen molar-refractivity contribution in [2.24, 2.45) is 0 Å². The van der Waals surface area contributed by atoms with Gasteiger partial charge >= 0.3 is 0 Å². The number of ether oxygens (including phenoxy) is 1. The van der Waals surface area contributed by atoms with Gasteiger partial charge < -0.3 is 10.1 Å². The topological polar surface area (TPSA) is 67.0 Å². The third-order valence-corrected chi connectivity index (χ3v) is 4.35. The van der Waals surface area contributed by atoms with E-state index >= 15 is 0 Å². The first-order chi connectivity index (χ1) is 10.3. The number of amides is 1. The monoisotopic (exact) mass is 305 g/mol. The van der Waals surface area contributed by atoms with Crippen LogP contribution < -0.4 is 5.32 Å². The molecule has 1 saturated heterocycles. The van der Waals surface area contributed by atoms with Crippen molar-refractivity contribution in [3.05, 3.63) is 28.6 Å². The Labute approximate surface area is 127 Å². The molecule has 1 atom stereocenters. The predicted molar refractivity (Wildman–Crippen MR) is 82.4 cm³/mol. The molecule has 1 amide bonds. The van der Waals surface area contributed by atoms with Gasteiger partial charge in [0.1, 0.15) is 5.69 Å². The standard InChI is InChI=1S/C15H19N3O2S/c19-15(16-6-4-12-3-1-2-7-20-12)14-9-13(17-18-14)11-5-8-21-10-11/h5,8-10,12H,1-4,6-7H2,(H,16,19)(H,17,18). The fourth-order valence-corrected chi connectivity index (χ4v) is 3.12. The van der Waals surface area contributed by atoms with Crippen LogP contribution in [0.1, 0.15) is 36.2 Å². The summed E-state index contributed by atoms with van der Waals surface area (Å²) in [5.41, 5.74) is 2.34. The summed E-state index contributed by atoms with van der Waals surface area (Å²) in [5.74, 6) is -0.111. The molecule has 2 aromatic heterocycles. The minimum atomic E-state index is -0.111. The summed E-state index contributed by atoms with van der Waals surface area (Å²) in [7, 11) is 0. The van der Waals surface area contributed by atoms with Crippen molar-refractivity contribution >= 4 is 17.2 Å². The molecule has 1 aliphatic rings. The summed E-state index contributed by atoms with van der Waals surface area (Å²) < 4.78 is 5.65. The Morgan fingerprint density at radius 1 is 1.52 bits per heavy atom. The maximum atomic E-state index is 12.0. The lowest BCUT2D eigenvalue weighted by atomic mass is 10.1. The van der Waals surface area contributed by atoms with Crippen LogP contribution >= 0.6 is 11.3 Å². The van der Waals surface area contributed by atoms with Gasteiger partial charge in [-0.1, -0.05) is 0 Å². The van der Waals surface area contributed by atoms with Crippen LogP contribution in [0.15, 0.2) is 22.9 Å². The predicted octanol–water partition coefficient (Wildman–Crippen LogP) is 2.83. The second-order valence-corrected chi connectivity index (χ2v) is 5.99. The summed E-state index contributed by atoms with van der Waals surface area (Å²) in [5, 5.41) is 13.9. The van der Waals surface area contributed by atoms with Crippen molar-refractivity contribution in [3.63, 3.8) is 0 Å². The van der Waals surface area contributed by atoms with Crippen molar-refractivity contribution in [2.45, 2.75) is 31.8 Å². The fourth-order valence-electron chi connectivity index (χ4n) is 2.47. The van der Waals surface area contributed by atoms with Gasteiger partial charge in [-0.15, -0.1) is 0 Å². The molecular weight excluding hydrogens is 286 g/mol. The number of nitrogens with zero attached hydrogens (tertiary/aromatic N) is 1. The molecule has 1 unspecified atom stereocenters. The highest BCUT2D eigenvalue weighted by Gasteiger charge is 2.15. The smallest absolute Gasteiger partial charge is 0.269 e. The van der Waals surface area contributed by atoms with Crippen LogP contribution in [0, 0.1) is 0 Å². The summed E-state index contributed by atoms with van der Waals surface area (Å²) in [6.45, 7) is 1.49. The van der Waals surface area contributed by atoms with E-state index in [4.69, 9.17) is 4.74 Å². The Bertz CT molecular complexity index is 574. The molecule has 0 radical (unpaired) electrons. The maximum absolute atomic E-state index is 12.0. The van der Waals surface area contributed by atoms with Crippen molar-refractivity contribution in [3.8, 4) is 11.3 Å². The number of aromatic nitrogens is 2. The van der Waals surface area contributed by atoms with E-state index in [1.54, 1.807) is 17.4 Å². The number of carbonyl (C=O) groups excluding carboxylic acids is 1. The van der Waals surface area contributed by atoms with Crippen LogP contribution in [-0.2, 0) is 4.74 Å². The first kappa shape index (κ1) is 14.3. The normalized spacial score (nSPS) is 18.6. The van der Waals surface area contributed by atoms with Gasteiger partial charge in [-0.25, -0.2) is 0 Å². The summed E-state index contributed by atoms with van der Waals surface area (Å²) in [6.07, 6.45) is 4.65. The Balaban J connectivity index is 1.49. The molecule has 0 aliphatic carbocycles. The number of nitrogens with one attached hydrogen (secondary N) is 2. The highest BCUT2D eigenvalue weighted by molar-refractivity contribution is 7.08. The Hall–Kier alpha value is -1.66. The van der Waals surface area contributed by atoms with E-state index in [-0.39, 0.29) is 5.91 Å². The number of aromatic amines is 1. The van der Waals surface area contributed by atoms with Gasteiger partial charge in [0, 0.05) is 24.1 Å². The second kappa shape index (κ2) is 6.87. The van der Waals surface area contributed by atoms with E-state index in [1.807, 2.05) is 16.8 Å². The largest absolute Gasteiger partial charge is 0.378 e. The number of hydrogen-bond acceptors (Lipinski definition) is 4. The average molecular weight is 305 g/mol. The van der Waals surface area contributed by atoms with Crippen LogP contribution in [0.5, 0.6) is 0 Å². The van der Waals surface area contributed by atoms with Crippen molar-refractivity contribution < 1.29 is 9.53 Å². The highest BCUT2D eigenvalue weighted by atomic mass is 32.1. The van der Waals surface area contributed by atoms with Crippen LogP contribution in [0.3, 0.4) is 0 Å². The van der Waals surface area contributed by atoms with E-state index in [0.29, 0.717) is 18.3 Å². The molecule has 0 aromatic carbocycles. The van der Waals surface area contributed by atoms with Crippen molar-refractivity contribution in [2.75, 3.05) is 13.2 Å². The third-order valence-electron chi connectivity index (χ3n) is 3.67. The van der Waals surface area contributed by atoms with Gasteiger partial charge in [0.25, 0.3) is 5.91 Å². The summed E-state index contributed by atoms with van der Waals surface area (Å²) in [6, 6.07) is 3.78. The number of carbonyl (C=O) groups is 1. The van der Waals surface area contributed by atoms with Crippen LogP contribution in [0.25, 0.3) is 11.3 Å². The molecule has 5 nitrogen and oxygen atoms in total. The van der Waals surface area contributed by atoms with Crippen LogP contribution in [-0.4, -0.2) is 35.4 Å². The summed E-state index contributed by atoms with van der Waals surface area (Å²) >= 11 is 1.61. The molecule has 3 heterocycles. The molecule has 0 bridgehead atoms. The quantitative estimate of drug-likeness (QED) is 0.892. The number of thiophene rings is 1. The fraction of sp³-hybridized carbons (Fsp3) is 0.467. The van der Waals surface area contributed by atoms with Crippen LogP contribution in [0.2, 0.25) is 0 Å². The number of H-pyrrole nitrogens is 1. The van der Waals surface area contributed by atoms with Gasteiger partial charge in [-0.2, -0.15) is 16.4 Å². The van der Waals surface area contributed by atoms with Gasteiger partial charge in [-0.3, -0.25) is 9.89 Å². The van der Waals surface area contributed by atoms with Gasteiger partial charge in [-0.05, 0) is 43.2 Å². The zero-order valence-corrected chi connectivity index (χ0v) is 12.6. The van der Waals surface area contributed by atoms with Crippen LogP contribution in [0.4, 0.5) is 0 Å². The molecule has 2 aromatic rings. The molecular formula is C15H19N3O2S. The SMILES string of the molecule is O=C(NCCC1CCCCO1)c1cc(-c2ccsc2)n[nH]1. The van der Waals surface area contributed by atoms with E-state index in [2.05, 4.69) is 15.5 Å². The molecule has 3 rings (SSSR count). The first-order valence-corrected chi connectivity index (χ1v) is 8.25. The Morgan fingerprint density at radius 2 is 2.48 bits per heavy atom. The highest BCUT2D eigenvalue weighted by Crippen LogP contribution is 2.20. The first-order valence-electron chi connectivity index (χ1n) is 7.31. The maximum Gasteiger partial charge on any atom is 0.269 e. The zero-order valence-electron chi connectivity index (χ0n) is 11.8. The third kappa shape index (κ3) is 3.71. The van der Waals surface area contributed by atoms with E-state index in [1.165, 1.54) is 6.42 Å². The molecule has 6 heteroatoms. The minimum absolute atomic E-state index is 0.111. The Morgan fingerprint density at radius 3 is 3.24 bits per heavy atom. The van der Waals surface area contributed by atoms with Crippen molar-refractivity contribution in [1.82, 2.24) is 15.5 Å². The van der Waals surface area contributed by atoms with E-state index < -0.39 is 0 Å². The minimum Gasteiger partial charge on any atom is -0.378 e. The summed E-state index contributed by atoms with van der Waals surface area (Å²) in [4.78, 5) is 12.0. The molecule has 21 heavy (non-hydrogen) atoms. The number of rotatable bonds is 5. The molecule has 0 saturated carbocycles. The molecule has 1 aliphatic heterocycles. The molecule has 2 N–H and O–H groups in total. The van der Waals surface area contributed by atoms with Gasteiger partial charge in [0.2, 0.25) is 0 Å². The lowest BCUT2D eigenvalue weighted by Gasteiger charge is -2.22. The second-order valence-electron chi connectivity index (χ2n) is 5.21. The average Bonchev–Trinajstić information content (AvgIpc) is 3.19. The molecule has 1 fully saturated rings. The lowest BCUT2D eigenvalue weighted by molar-refractivity contribution is 0.0117. The molecule has 0 spiro atoms. The molecule has 112 valence electrons. The zero-order chi connectivity index (χ0) is 14.5. The van der Waals surface area contributed by atoms with E-state index in [9.17, 15) is 4.79 Å². The van der Waals surface area contributed by atoms with E-state index in [0.717, 1.165) is 37.1 Å². The van der Waals surface area contributed by atoms with Gasteiger partial charge in [0.15, 0.2) is 0 Å². The number of hydrogen-bond donors (Lipinski definition) is 2. The van der Waals surface area contributed by atoms with Gasteiger partial charge in [0.05, 0.1) is 11.8 Å². The Kier molecular flexibility index (Phi) is 4.67. The lowest BCUT2D eigenvalue weighted by Crippen LogP contribution is -2.29. The van der Waals surface area contributed by atoms with Crippen molar-refractivity contribution in [1.29, 1.82) is 0 Å².